The van der Waals surface area contributed by atoms with Gasteiger partial charge >= 0.3 is 0 Å². The molecule has 0 unspecified atom stereocenters. The quantitative estimate of drug-likeness (QED) is 0.873. The molecule has 1 aromatic heterocycles. The fourth-order valence-electron chi connectivity index (χ4n) is 4.32. The van der Waals surface area contributed by atoms with Crippen LogP contribution in [0.1, 0.15) is 37.9 Å². The molecule has 2 bridgehead atoms. The average molecular weight is 322 g/mol. The predicted octanol–water partition coefficient (Wildman–Crippen LogP) is 2.66. The van der Waals surface area contributed by atoms with Crippen LogP contribution in [0.15, 0.2) is 30.3 Å². The summed E-state index contributed by atoms with van der Waals surface area (Å²) < 4.78 is 2.25. The summed E-state index contributed by atoms with van der Waals surface area (Å²) in [6, 6.07) is 10.9. The van der Waals surface area contributed by atoms with E-state index in [0.717, 1.165) is 49.4 Å². The number of carbonyl (C=O) groups is 1. The summed E-state index contributed by atoms with van der Waals surface area (Å²) in [7, 11) is 0. The second kappa shape index (κ2) is 5.43. The minimum absolute atomic E-state index is 0.306. The molecule has 1 amide bonds. The molecular formula is C19H22N4O. The molecule has 0 radical (unpaired) electrons. The molecule has 124 valence electrons. The molecule has 2 aromatic rings. The van der Waals surface area contributed by atoms with Gasteiger partial charge in [0.05, 0.1) is 6.04 Å². The lowest BCUT2D eigenvalue weighted by Crippen LogP contribution is -2.42. The van der Waals surface area contributed by atoms with Gasteiger partial charge in [-0.2, -0.15) is 0 Å². The van der Waals surface area contributed by atoms with E-state index in [-0.39, 0.29) is 0 Å². The van der Waals surface area contributed by atoms with Crippen LogP contribution in [-0.2, 0) is 17.8 Å². The van der Waals surface area contributed by atoms with Crippen molar-refractivity contribution in [2.24, 2.45) is 5.92 Å². The van der Waals surface area contributed by atoms with Gasteiger partial charge in [0.25, 0.3) is 0 Å². The standard InChI is InChI=1S/C19H22N4O/c24-18(10-13-6-7-13)23-15-8-9-16(23)12-22-17(11-15)20-21-19(22)14-4-2-1-3-5-14/h1-5,13,15-16H,6-12H2/t15-,16+/m0/s1. The number of fused-ring (bicyclic) bond motifs is 3. The van der Waals surface area contributed by atoms with Crippen LogP contribution in [0.5, 0.6) is 0 Å². The molecule has 1 saturated heterocycles. The molecule has 3 aliphatic rings. The Morgan fingerprint density at radius 3 is 2.62 bits per heavy atom. The third-order valence-electron chi connectivity index (χ3n) is 5.74. The van der Waals surface area contributed by atoms with Crippen LogP contribution < -0.4 is 0 Å². The summed E-state index contributed by atoms with van der Waals surface area (Å²) in [4.78, 5) is 15.0. The molecule has 5 rings (SSSR count). The van der Waals surface area contributed by atoms with Crippen LogP contribution in [-0.4, -0.2) is 37.7 Å². The first-order valence-electron chi connectivity index (χ1n) is 9.08. The average Bonchev–Trinajstić information content (AvgIpc) is 3.23. The van der Waals surface area contributed by atoms with Gasteiger partial charge in [-0.05, 0) is 31.6 Å². The Morgan fingerprint density at radius 2 is 1.83 bits per heavy atom. The SMILES string of the molecule is O=C(CC1CC1)N1[C@@H]2CC[C@H]1Cc1nnc(-c3ccccc3)n1C2. The van der Waals surface area contributed by atoms with E-state index in [4.69, 9.17) is 0 Å². The fraction of sp³-hybridized carbons (Fsp3) is 0.526. The van der Waals surface area contributed by atoms with E-state index in [1.807, 2.05) is 18.2 Å². The number of benzene rings is 1. The molecule has 3 heterocycles. The highest BCUT2D eigenvalue weighted by Gasteiger charge is 2.42. The Kier molecular flexibility index (Phi) is 3.21. The zero-order chi connectivity index (χ0) is 16.1. The Morgan fingerprint density at radius 1 is 1.04 bits per heavy atom. The first kappa shape index (κ1) is 14.2. The summed E-state index contributed by atoms with van der Waals surface area (Å²) in [5, 5.41) is 8.90. The second-order valence-corrected chi connectivity index (χ2v) is 7.45. The van der Waals surface area contributed by atoms with Crippen LogP contribution in [0, 0.1) is 5.92 Å². The smallest absolute Gasteiger partial charge is 0.223 e. The minimum Gasteiger partial charge on any atom is -0.334 e. The number of hydrogen-bond donors (Lipinski definition) is 0. The van der Waals surface area contributed by atoms with Crippen LogP contribution in [0.4, 0.5) is 0 Å². The number of hydrogen-bond acceptors (Lipinski definition) is 3. The number of aromatic nitrogens is 3. The van der Waals surface area contributed by atoms with Gasteiger partial charge in [-0.25, -0.2) is 0 Å². The molecule has 1 aliphatic carbocycles. The van der Waals surface area contributed by atoms with Gasteiger partial charge in [0.2, 0.25) is 5.91 Å². The van der Waals surface area contributed by atoms with E-state index >= 15 is 0 Å². The summed E-state index contributed by atoms with van der Waals surface area (Å²) in [5.74, 6) is 2.99. The van der Waals surface area contributed by atoms with Crippen molar-refractivity contribution in [3.05, 3.63) is 36.2 Å². The maximum Gasteiger partial charge on any atom is 0.223 e. The van der Waals surface area contributed by atoms with E-state index < -0.39 is 0 Å². The lowest BCUT2D eigenvalue weighted by molar-refractivity contribution is -0.134. The Hall–Kier alpha value is -2.17. The summed E-state index contributed by atoms with van der Waals surface area (Å²) in [6.45, 7) is 0.833. The first-order chi connectivity index (χ1) is 11.8. The lowest BCUT2D eigenvalue weighted by Gasteiger charge is -2.28. The van der Waals surface area contributed by atoms with Crippen molar-refractivity contribution < 1.29 is 4.79 Å². The molecule has 2 atom stereocenters. The van der Waals surface area contributed by atoms with E-state index in [2.05, 4.69) is 31.8 Å². The van der Waals surface area contributed by atoms with Crippen molar-refractivity contribution in [2.45, 2.75) is 57.2 Å². The number of nitrogens with zero attached hydrogens (tertiary/aromatic N) is 4. The van der Waals surface area contributed by atoms with Gasteiger partial charge in [0.15, 0.2) is 5.82 Å². The lowest BCUT2D eigenvalue weighted by atomic mass is 10.1. The number of amides is 1. The maximum atomic E-state index is 12.8. The van der Waals surface area contributed by atoms with Crippen molar-refractivity contribution in [3.8, 4) is 11.4 Å². The van der Waals surface area contributed by atoms with Gasteiger partial charge in [0.1, 0.15) is 5.82 Å². The molecule has 2 fully saturated rings. The van der Waals surface area contributed by atoms with Crippen molar-refractivity contribution in [1.29, 1.82) is 0 Å². The summed E-state index contributed by atoms with van der Waals surface area (Å²) in [5.41, 5.74) is 1.10. The fourth-order valence-corrected chi connectivity index (χ4v) is 4.32. The van der Waals surface area contributed by atoms with Gasteiger partial charge in [-0.15, -0.1) is 10.2 Å². The third-order valence-corrected chi connectivity index (χ3v) is 5.74. The second-order valence-electron chi connectivity index (χ2n) is 7.45. The van der Waals surface area contributed by atoms with Gasteiger partial charge < -0.3 is 9.47 Å². The molecule has 1 aromatic carbocycles. The molecule has 0 spiro atoms. The molecule has 5 heteroatoms. The molecular weight excluding hydrogens is 300 g/mol. The highest BCUT2D eigenvalue weighted by Crippen LogP contribution is 2.37. The highest BCUT2D eigenvalue weighted by atomic mass is 16.2. The topological polar surface area (TPSA) is 51.0 Å². The maximum absolute atomic E-state index is 12.8. The van der Waals surface area contributed by atoms with Gasteiger partial charge in [0, 0.05) is 31.0 Å². The van der Waals surface area contributed by atoms with E-state index in [0.29, 0.717) is 23.9 Å². The normalized spacial score (nSPS) is 25.4. The molecule has 5 nitrogen and oxygen atoms in total. The van der Waals surface area contributed by atoms with Crippen molar-refractivity contribution in [2.75, 3.05) is 0 Å². The monoisotopic (exact) mass is 322 g/mol. The van der Waals surface area contributed by atoms with Crippen molar-refractivity contribution in [1.82, 2.24) is 19.7 Å². The van der Waals surface area contributed by atoms with Gasteiger partial charge in [-0.1, -0.05) is 30.3 Å². The van der Waals surface area contributed by atoms with Crippen LogP contribution in [0.25, 0.3) is 11.4 Å². The molecule has 0 N–H and O–H groups in total. The van der Waals surface area contributed by atoms with Crippen LogP contribution in [0.2, 0.25) is 0 Å². The van der Waals surface area contributed by atoms with Crippen molar-refractivity contribution >= 4 is 5.91 Å². The molecule has 2 aliphatic heterocycles. The first-order valence-corrected chi connectivity index (χ1v) is 9.08. The Bertz CT molecular complexity index is 765. The molecule has 1 saturated carbocycles. The van der Waals surface area contributed by atoms with Crippen LogP contribution in [0.3, 0.4) is 0 Å². The summed E-state index contributed by atoms with van der Waals surface area (Å²) in [6.07, 6.45) is 6.27. The van der Waals surface area contributed by atoms with Gasteiger partial charge in [-0.3, -0.25) is 4.79 Å². The number of carbonyl (C=O) groups excluding carboxylic acids is 1. The van der Waals surface area contributed by atoms with Crippen molar-refractivity contribution in [3.63, 3.8) is 0 Å². The van der Waals surface area contributed by atoms with Crippen LogP contribution >= 0.6 is 0 Å². The Balaban J connectivity index is 1.46. The predicted molar refractivity (Wildman–Crippen MR) is 90.2 cm³/mol. The zero-order valence-corrected chi connectivity index (χ0v) is 13.8. The van der Waals surface area contributed by atoms with E-state index in [1.54, 1.807) is 0 Å². The van der Waals surface area contributed by atoms with E-state index in [9.17, 15) is 4.79 Å². The van der Waals surface area contributed by atoms with E-state index in [1.165, 1.54) is 12.8 Å². The zero-order valence-electron chi connectivity index (χ0n) is 13.8. The molecule has 24 heavy (non-hydrogen) atoms. The highest BCUT2D eigenvalue weighted by molar-refractivity contribution is 5.78. The third kappa shape index (κ3) is 2.34. The largest absolute Gasteiger partial charge is 0.334 e. The minimum atomic E-state index is 0.306. The Labute approximate surface area is 141 Å². The summed E-state index contributed by atoms with van der Waals surface area (Å²) >= 11 is 0. The number of rotatable bonds is 3.